The lowest BCUT2D eigenvalue weighted by molar-refractivity contribution is -0.114. The van der Waals surface area contributed by atoms with Crippen molar-refractivity contribution in [3.05, 3.63) is 108 Å². The van der Waals surface area contributed by atoms with E-state index in [1.54, 1.807) is 54.6 Å². The molecule has 0 saturated heterocycles. The Kier molecular flexibility index (Phi) is 8.69. The van der Waals surface area contributed by atoms with Crippen LogP contribution in [0.1, 0.15) is 16.7 Å². The van der Waals surface area contributed by atoms with Crippen LogP contribution in [0.15, 0.2) is 101 Å². The number of benzene rings is 4. The minimum Gasteiger partial charge on any atom is -0.497 e. The van der Waals surface area contributed by atoms with E-state index in [0.717, 1.165) is 21.0 Å². The molecule has 4 aromatic rings. The minimum atomic E-state index is -4.07. The molecule has 0 aromatic heterocycles. The van der Waals surface area contributed by atoms with Crippen LogP contribution in [-0.4, -0.2) is 36.4 Å². The van der Waals surface area contributed by atoms with Crippen molar-refractivity contribution in [1.29, 1.82) is 0 Å². The first-order valence-electron chi connectivity index (χ1n) is 12.6. The monoisotopic (exact) mass is 593 g/mol. The molecule has 4 rings (SSSR count). The van der Waals surface area contributed by atoms with E-state index >= 15 is 0 Å². The van der Waals surface area contributed by atoms with E-state index in [-0.39, 0.29) is 9.79 Å². The highest BCUT2D eigenvalue weighted by Gasteiger charge is 2.27. The van der Waals surface area contributed by atoms with Gasteiger partial charge in [0.05, 0.1) is 22.6 Å². The van der Waals surface area contributed by atoms with Gasteiger partial charge in [0.25, 0.3) is 20.0 Å². The Morgan fingerprint density at radius 1 is 0.732 bits per heavy atom. The molecule has 0 aliphatic heterocycles. The van der Waals surface area contributed by atoms with E-state index in [1.165, 1.54) is 43.5 Å². The zero-order valence-electron chi connectivity index (χ0n) is 23.1. The van der Waals surface area contributed by atoms with Crippen LogP contribution in [0.2, 0.25) is 0 Å². The van der Waals surface area contributed by atoms with E-state index in [0.29, 0.717) is 22.8 Å². The number of nitrogens with zero attached hydrogens (tertiary/aromatic N) is 1. The zero-order chi connectivity index (χ0) is 29.8. The molecule has 2 N–H and O–H groups in total. The summed E-state index contributed by atoms with van der Waals surface area (Å²) >= 11 is 0. The molecule has 0 unspecified atom stereocenters. The van der Waals surface area contributed by atoms with Gasteiger partial charge in [0, 0.05) is 11.4 Å². The molecule has 0 saturated carbocycles. The number of amides is 1. The maximum atomic E-state index is 13.6. The number of carbonyl (C=O) groups excluding carboxylic acids is 1. The first-order valence-corrected chi connectivity index (χ1v) is 15.5. The average Bonchev–Trinajstić information content (AvgIpc) is 2.94. The highest BCUT2D eigenvalue weighted by Crippen LogP contribution is 2.27. The molecule has 0 atom stereocenters. The Morgan fingerprint density at radius 2 is 1.32 bits per heavy atom. The molecule has 0 aliphatic rings. The summed E-state index contributed by atoms with van der Waals surface area (Å²) in [5.74, 6) is 0.00154. The lowest BCUT2D eigenvalue weighted by Gasteiger charge is -2.25. The number of sulfonamides is 2. The summed E-state index contributed by atoms with van der Waals surface area (Å²) in [5.41, 5.74) is 3.81. The van der Waals surface area contributed by atoms with Crippen molar-refractivity contribution in [2.75, 3.05) is 28.0 Å². The largest absolute Gasteiger partial charge is 0.497 e. The molecule has 0 radical (unpaired) electrons. The second-order valence-corrected chi connectivity index (χ2v) is 13.0. The summed E-state index contributed by atoms with van der Waals surface area (Å²) in [4.78, 5) is 13.2. The number of rotatable bonds is 10. The Bertz CT molecular complexity index is 1750. The Hall–Kier alpha value is -4.35. The highest BCUT2D eigenvalue weighted by atomic mass is 32.2. The minimum absolute atomic E-state index is 0.00924. The van der Waals surface area contributed by atoms with Crippen molar-refractivity contribution >= 4 is 43.0 Å². The van der Waals surface area contributed by atoms with Crippen molar-refractivity contribution in [2.24, 2.45) is 0 Å². The molecule has 0 aliphatic carbocycles. The van der Waals surface area contributed by atoms with Crippen LogP contribution in [0.5, 0.6) is 5.75 Å². The first-order chi connectivity index (χ1) is 19.4. The van der Waals surface area contributed by atoms with Gasteiger partial charge in [-0.25, -0.2) is 16.8 Å². The van der Waals surface area contributed by atoms with Crippen LogP contribution < -0.4 is 19.1 Å². The SMILES string of the molecule is COc1ccc(NS(=O)(=O)c2ccc(NC(=O)CN(c3ccc(C)c(C)c3)S(=O)(=O)c3ccc(C)cc3)cc2)cc1. The van der Waals surface area contributed by atoms with Crippen LogP contribution >= 0.6 is 0 Å². The van der Waals surface area contributed by atoms with E-state index in [2.05, 4.69) is 10.0 Å². The molecule has 4 aromatic carbocycles. The second kappa shape index (κ2) is 12.0. The van der Waals surface area contributed by atoms with Crippen LogP contribution in [-0.2, 0) is 24.8 Å². The van der Waals surface area contributed by atoms with Gasteiger partial charge in [-0.15, -0.1) is 0 Å². The van der Waals surface area contributed by atoms with Gasteiger partial charge in [0.15, 0.2) is 0 Å². The lowest BCUT2D eigenvalue weighted by Crippen LogP contribution is -2.38. The van der Waals surface area contributed by atoms with E-state index in [1.807, 2.05) is 20.8 Å². The number of ether oxygens (including phenoxy) is 1. The van der Waals surface area contributed by atoms with E-state index in [4.69, 9.17) is 4.74 Å². The van der Waals surface area contributed by atoms with Gasteiger partial charge >= 0.3 is 0 Å². The van der Waals surface area contributed by atoms with Crippen molar-refractivity contribution in [1.82, 2.24) is 0 Å². The van der Waals surface area contributed by atoms with Crippen molar-refractivity contribution in [2.45, 2.75) is 30.6 Å². The number of aryl methyl sites for hydroxylation is 3. The maximum absolute atomic E-state index is 13.6. The molecule has 214 valence electrons. The molecule has 0 spiro atoms. The first kappa shape index (κ1) is 29.6. The predicted octanol–water partition coefficient (Wildman–Crippen LogP) is 5.26. The van der Waals surface area contributed by atoms with Gasteiger partial charge in [-0.2, -0.15) is 0 Å². The molecular weight excluding hydrogens is 562 g/mol. The molecule has 0 fully saturated rings. The number of nitrogens with one attached hydrogen (secondary N) is 2. The normalized spacial score (nSPS) is 11.5. The van der Waals surface area contributed by atoms with Gasteiger partial charge in [-0.1, -0.05) is 23.8 Å². The predicted molar refractivity (Wildman–Crippen MR) is 161 cm³/mol. The van der Waals surface area contributed by atoms with Gasteiger partial charge in [-0.3, -0.25) is 13.8 Å². The molecule has 9 nitrogen and oxygen atoms in total. The van der Waals surface area contributed by atoms with Crippen molar-refractivity contribution in [3.8, 4) is 5.75 Å². The summed E-state index contributed by atoms with van der Waals surface area (Å²) in [6.07, 6.45) is 0. The summed E-state index contributed by atoms with van der Waals surface area (Å²) in [6, 6.07) is 23.6. The van der Waals surface area contributed by atoms with Gasteiger partial charge in [0.2, 0.25) is 5.91 Å². The fourth-order valence-electron chi connectivity index (χ4n) is 3.95. The van der Waals surface area contributed by atoms with E-state index in [9.17, 15) is 21.6 Å². The third-order valence-electron chi connectivity index (χ3n) is 6.47. The zero-order valence-corrected chi connectivity index (χ0v) is 24.7. The Balaban J connectivity index is 1.53. The summed E-state index contributed by atoms with van der Waals surface area (Å²) in [7, 11) is -6.44. The number of carbonyl (C=O) groups is 1. The van der Waals surface area contributed by atoms with Crippen LogP contribution in [0.4, 0.5) is 17.1 Å². The fourth-order valence-corrected chi connectivity index (χ4v) is 6.43. The molecule has 0 bridgehead atoms. The quantitative estimate of drug-likeness (QED) is 0.259. The number of hydrogen-bond acceptors (Lipinski definition) is 6. The standard InChI is InChI=1S/C30H31N3O6S2/c1-21-5-15-29(16-6-21)41(37,38)33(26-12-7-22(2)23(3)19-26)20-30(34)31-24-10-17-28(18-11-24)40(35,36)32-25-8-13-27(39-4)14-9-25/h5-19,32H,20H2,1-4H3,(H,31,34). The molecule has 41 heavy (non-hydrogen) atoms. The smallest absolute Gasteiger partial charge is 0.264 e. The maximum Gasteiger partial charge on any atom is 0.264 e. The molecule has 0 heterocycles. The third kappa shape index (κ3) is 7.05. The molecule has 11 heteroatoms. The lowest BCUT2D eigenvalue weighted by atomic mass is 10.1. The summed E-state index contributed by atoms with van der Waals surface area (Å²) < 4.78 is 61.5. The van der Waals surface area contributed by atoms with Crippen LogP contribution in [0.3, 0.4) is 0 Å². The Morgan fingerprint density at radius 3 is 1.90 bits per heavy atom. The second-order valence-electron chi connectivity index (χ2n) is 9.50. The summed E-state index contributed by atoms with van der Waals surface area (Å²) in [5, 5.41) is 2.67. The van der Waals surface area contributed by atoms with Crippen LogP contribution in [0.25, 0.3) is 0 Å². The fraction of sp³-hybridized carbons (Fsp3) is 0.167. The van der Waals surface area contributed by atoms with Crippen molar-refractivity contribution in [3.63, 3.8) is 0 Å². The Labute approximate surface area is 240 Å². The average molecular weight is 594 g/mol. The van der Waals surface area contributed by atoms with Crippen molar-refractivity contribution < 1.29 is 26.4 Å². The summed E-state index contributed by atoms with van der Waals surface area (Å²) in [6.45, 7) is 5.16. The number of hydrogen-bond donors (Lipinski definition) is 2. The van der Waals surface area contributed by atoms with Gasteiger partial charge < -0.3 is 10.1 Å². The highest BCUT2D eigenvalue weighted by molar-refractivity contribution is 7.93. The third-order valence-corrected chi connectivity index (χ3v) is 9.65. The molecular formula is C30H31N3O6S2. The van der Waals surface area contributed by atoms with Crippen LogP contribution in [0, 0.1) is 20.8 Å². The van der Waals surface area contributed by atoms with Gasteiger partial charge in [0.1, 0.15) is 12.3 Å². The number of methoxy groups -OCH3 is 1. The van der Waals surface area contributed by atoms with E-state index < -0.39 is 32.5 Å². The molecule has 1 amide bonds. The van der Waals surface area contributed by atoms with Gasteiger partial charge in [-0.05, 0) is 105 Å². The number of anilines is 3. The topological polar surface area (TPSA) is 122 Å².